The highest BCUT2D eigenvalue weighted by atomic mass is 19.1. The van der Waals surface area contributed by atoms with Gasteiger partial charge in [0, 0.05) is 31.1 Å². The van der Waals surface area contributed by atoms with Gasteiger partial charge in [0.2, 0.25) is 0 Å². The molecule has 2 aliphatic rings. The van der Waals surface area contributed by atoms with Crippen LogP contribution < -0.4 is 10.5 Å². The Bertz CT molecular complexity index is 734. The molecule has 0 radical (unpaired) electrons. The van der Waals surface area contributed by atoms with E-state index in [9.17, 15) is 14.0 Å². The number of carbonyl (C=O) groups is 2. The summed E-state index contributed by atoms with van der Waals surface area (Å²) in [6.45, 7) is 2.81. The number of quaternary nitrogens is 1. The normalized spacial score (nSPS) is 26.2. The standard InChI is InChI=1S/C23H34FN3O3/c1-15(21(25)23(29)27-13-12-18(24)14-27)16-4-8-19(9-5-16)26(2)22(28)17-6-10-20(30-3)11-7-17/h6-7,10-11,15-16,18-19,21H,4-5,8-9,12-14,25H2,1-3H3/p+1/t15-,16?,18-,19?,21-/m0/s1. The summed E-state index contributed by atoms with van der Waals surface area (Å²) in [6.07, 6.45) is 3.32. The number of ether oxygens (including phenoxy) is 1. The number of benzene rings is 1. The Labute approximate surface area is 178 Å². The van der Waals surface area contributed by atoms with Crippen molar-refractivity contribution in [1.29, 1.82) is 0 Å². The second-order valence-corrected chi connectivity index (χ2v) is 8.85. The van der Waals surface area contributed by atoms with Gasteiger partial charge in [-0.3, -0.25) is 9.59 Å². The average molecular weight is 421 g/mol. The molecule has 1 aliphatic carbocycles. The fourth-order valence-corrected chi connectivity index (χ4v) is 4.82. The molecule has 3 rings (SSSR count). The highest BCUT2D eigenvalue weighted by Crippen LogP contribution is 2.34. The van der Waals surface area contributed by atoms with E-state index in [1.54, 1.807) is 36.3 Å². The molecule has 166 valence electrons. The third-order valence-electron chi connectivity index (χ3n) is 7.08. The van der Waals surface area contributed by atoms with Crippen LogP contribution in [0.4, 0.5) is 4.39 Å². The van der Waals surface area contributed by atoms with Crippen molar-refractivity contribution in [2.75, 3.05) is 27.2 Å². The highest BCUT2D eigenvalue weighted by molar-refractivity contribution is 5.94. The van der Waals surface area contributed by atoms with Gasteiger partial charge in [-0.2, -0.15) is 0 Å². The van der Waals surface area contributed by atoms with Crippen molar-refractivity contribution in [3.63, 3.8) is 0 Å². The van der Waals surface area contributed by atoms with E-state index in [0.717, 1.165) is 31.4 Å². The van der Waals surface area contributed by atoms with E-state index in [1.807, 2.05) is 11.9 Å². The summed E-state index contributed by atoms with van der Waals surface area (Å²) in [7, 11) is 3.48. The number of methoxy groups -OCH3 is 1. The molecule has 0 aromatic heterocycles. The molecule has 3 atom stereocenters. The van der Waals surface area contributed by atoms with Crippen molar-refractivity contribution < 1.29 is 24.5 Å². The highest BCUT2D eigenvalue weighted by Gasteiger charge is 2.38. The number of alkyl halides is 1. The zero-order valence-corrected chi connectivity index (χ0v) is 18.4. The van der Waals surface area contributed by atoms with Crippen LogP contribution >= 0.6 is 0 Å². The van der Waals surface area contributed by atoms with Crippen LogP contribution in [0.3, 0.4) is 0 Å². The van der Waals surface area contributed by atoms with Crippen LogP contribution in [0.25, 0.3) is 0 Å². The smallest absolute Gasteiger partial charge is 0.281 e. The molecule has 30 heavy (non-hydrogen) atoms. The Morgan fingerprint density at radius 1 is 1.17 bits per heavy atom. The van der Waals surface area contributed by atoms with Gasteiger partial charge in [-0.05, 0) is 62.3 Å². The first-order valence-electron chi connectivity index (χ1n) is 11.0. The molecule has 1 aliphatic heterocycles. The summed E-state index contributed by atoms with van der Waals surface area (Å²) >= 11 is 0. The predicted octanol–water partition coefficient (Wildman–Crippen LogP) is 2.14. The Kier molecular flexibility index (Phi) is 7.34. The van der Waals surface area contributed by atoms with Crippen LogP contribution in [0.15, 0.2) is 24.3 Å². The molecule has 1 aromatic rings. The van der Waals surface area contributed by atoms with Gasteiger partial charge in [0.15, 0.2) is 6.04 Å². The number of hydrogen-bond donors (Lipinski definition) is 1. The lowest BCUT2D eigenvalue weighted by Gasteiger charge is -2.37. The lowest BCUT2D eigenvalue weighted by molar-refractivity contribution is -0.420. The van der Waals surface area contributed by atoms with Crippen LogP contribution in [-0.4, -0.2) is 67.1 Å². The van der Waals surface area contributed by atoms with Crippen molar-refractivity contribution in [2.24, 2.45) is 11.8 Å². The Balaban J connectivity index is 1.51. The molecule has 6 nitrogen and oxygen atoms in total. The van der Waals surface area contributed by atoms with Gasteiger partial charge in [-0.15, -0.1) is 0 Å². The molecule has 1 heterocycles. The Morgan fingerprint density at radius 3 is 2.33 bits per heavy atom. The number of rotatable bonds is 6. The molecule has 0 unspecified atom stereocenters. The third-order valence-corrected chi connectivity index (χ3v) is 7.08. The summed E-state index contributed by atoms with van der Waals surface area (Å²) in [5, 5.41) is 0. The van der Waals surface area contributed by atoms with Crippen molar-refractivity contribution in [1.82, 2.24) is 9.80 Å². The zero-order chi connectivity index (χ0) is 21.8. The van der Waals surface area contributed by atoms with Crippen LogP contribution in [0, 0.1) is 11.8 Å². The van der Waals surface area contributed by atoms with Gasteiger partial charge in [0.1, 0.15) is 11.9 Å². The number of halogens is 1. The van der Waals surface area contributed by atoms with Crippen molar-refractivity contribution in [2.45, 2.75) is 57.3 Å². The van der Waals surface area contributed by atoms with Gasteiger partial charge >= 0.3 is 0 Å². The molecule has 3 N–H and O–H groups in total. The van der Waals surface area contributed by atoms with Crippen LogP contribution in [-0.2, 0) is 4.79 Å². The SMILES string of the molecule is COc1ccc(C(=O)N(C)C2CCC([C@H](C)[C@H]([NH3+])C(=O)N3CC[C@H](F)C3)CC2)cc1. The minimum absolute atomic E-state index is 0.0171. The maximum atomic E-state index is 13.4. The summed E-state index contributed by atoms with van der Waals surface area (Å²) in [5.41, 5.74) is 4.79. The second kappa shape index (κ2) is 9.77. The quantitative estimate of drug-likeness (QED) is 0.766. The fraction of sp³-hybridized carbons (Fsp3) is 0.652. The minimum atomic E-state index is -0.898. The number of likely N-dealkylation sites (tertiary alicyclic amines) is 1. The van der Waals surface area contributed by atoms with E-state index in [0.29, 0.717) is 24.4 Å². The molecule has 7 heteroatoms. The van der Waals surface area contributed by atoms with Crippen LogP contribution in [0.5, 0.6) is 5.75 Å². The van der Waals surface area contributed by atoms with Crippen LogP contribution in [0.2, 0.25) is 0 Å². The number of carbonyl (C=O) groups excluding carboxylic acids is 2. The second-order valence-electron chi connectivity index (χ2n) is 8.85. The topological polar surface area (TPSA) is 77.5 Å². The maximum absolute atomic E-state index is 13.4. The van der Waals surface area contributed by atoms with E-state index in [1.165, 1.54) is 0 Å². The molecular formula is C23H35FN3O3+. The fourth-order valence-electron chi connectivity index (χ4n) is 4.82. The van der Waals surface area contributed by atoms with Crippen molar-refractivity contribution >= 4 is 11.8 Å². The van der Waals surface area contributed by atoms with Gasteiger partial charge in [0.25, 0.3) is 11.8 Å². The van der Waals surface area contributed by atoms with E-state index < -0.39 is 6.17 Å². The molecule has 0 spiro atoms. The molecule has 2 fully saturated rings. The first-order valence-corrected chi connectivity index (χ1v) is 11.0. The zero-order valence-electron chi connectivity index (χ0n) is 18.4. The minimum Gasteiger partial charge on any atom is -0.497 e. The van der Waals surface area contributed by atoms with E-state index in [4.69, 9.17) is 4.74 Å². The maximum Gasteiger partial charge on any atom is 0.281 e. The largest absolute Gasteiger partial charge is 0.497 e. The third kappa shape index (κ3) is 4.94. The van der Waals surface area contributed by atoms with Crippen molar-refractivity contribution in [3.05, 3.63) is 29.8 Å². The average Bonchev–Trinajstić information content (AvgIpc) is 3.23. The van der Waals surface area contributed by atoms with E-state index >= 15 is 0 Å². The van der Waals surface area contributed by atoms with E-state index in [-0.39, 0.29) is 36.4 Å². The molecular weight excluding hydrogens is 385 g/mol. The monoisotopic (exact) mass is 420 g/mol. The predicted molar refractivity (Wildman–Crippen MR) is 113 cm³/mol. The van der Waals surface area contributed by atoms with Gasteiger partial charge in [0.05, 0.1) is 13.7 Å². The van der Waals surface area contributed by atoms with Gasteiger partial charge < -0.3 is 20.3 Å². The first-order chi connectivity index (χ1) is 14.3. The first kappa shape index (κ1) is 22.5. The molecule has 1 aromatic carbocycles. The number of amides is 2. The summed E-state index contributed by atoms with van der Waals surface area (Å²) in [6, 6.07) is 7.06. The summed E-state index contributed by atoms with van der Waals surface area (Å²) in [5.74, 6) is 1.29. The van der Waals surface area contributed by atoms with Crippen molar-refractivity contribution in [3.8, 4) is 5.75 Å². The molecule has 0 bridgehead atoms. The van der Waals surface area contributed by atoms with Crippen LogP contribution in [0.1, 0.15) is 49.4 Å². The number of hydrogen-bond acceptors (Lipinski definition) is 3. The lowest BCUT2D eigenvalue weighted by Crippen LogP contribution is -2.71. The Morgan fingerprint density at radius 2 is 1.80 bits per heavy atom. The molecule has 2 amide bonds. The number of nitrogens with zero attached hydrogens (tertiary/aromatic N) is 2. The van der Waals surface area contributed by atoms with Gasteiger partial charge in [-0.1, -0.05) is 6.92 Å². The molecule has 1 saturated carbocycles. The van der Waals surface area contributed by atoms with E-state index in [2.05, 4.69) is 12.7 Å². The molecule has 1 saturated heterocycles. The Hall–Kier alpha value is -2.15. The van der Waals surface area contributed by atoms with Gasteiger partial charge in [-0.25, -0.2) is 4.39 Å². The summed E-state index contributed by atoms with van der Waals surface area (Å²) < 4.78 is 18.6. The lowest BCUT2D eigenvalue weighted by atomic mass is 9.75. The summed E-state index contributed by atoms with van der Waals surface area (Å²) in [4.78, 5) is 29.0.